The highest BCUT2D eigenvalue weighted by Crippen LogP contribution is 2.35. The summed E-state index contributed by atoms with van der Waals surface area (Å²) in [5.74, 6) is 1.29. The van der Waals surface area contributed by atoms with Gasteiger partial charge in [0, 0.05) is 28.3 Å². The molecule has 3 rings (SSSR count). The lowest BCUT2D eigenvalue weighted by Crippen LogP contribution is -2.00. The fourth-order valence-corrected chi connectivity index (χ4v) is 3.82. The highest BCUT2D eigenvalue weighted by molar-refractivity contribution is 7.95. The summed E-state index contributed by atoms with van der Waals surface area (Å²) in [5, 5.41) is 1.23. The molecule has 0 radical (unpaired) electrons. The fraction of sp³-hybridized carbons (Fsp3) is 0.125. The number of benzene rings is 2. The first-order valence-corrected chi connectivity index (χ1v) is 8.16. The van der Waals surface area contributed by atoms with E-state index in [0.29, 0.717) is 28.3 Å². The van der Waals surface area contributed by atoms with Crippen LogP contribution in [0.2, 0.25) is 0 Å². The lowest BCUT2D eigenvalue weighted by atomic mass is 10.1. The van der Waals surface area contributed by atoms with E-state index in [1.54, 1.807) is 31.4 Å². The highest BCUT2D eigenvalue weighted by atomic mass is 32.2. The van der Waals surface area contributed by atoms with Crippen molar-refractivity contribution in [3.63, 3.8) is 0 Å². The molecule has 0 aliphatic carbocycles. The highest BCUT2D eigenvalue weighted by Gasteiger charge is 2.27. The molecule has 0 fully saturated rings. The molecule has 5 nitrogen and oxygen atoms in total. The molecule has 0 amide bonds. The molecule has 1 heterocycles. The first-order chi connectivity index (χ1) is 10.5. The Kier molecular flexibility index (Phi) is 3.54. The summed E-state index contributed by atoms with van der Waals surface area (Å²) >= 11 is 0. The van der Waals surface area contributed by atoms with Crippen molar-refractivity contribution in [1.82, 2.24) is 0 Å². The van der Waals surface area contributed by atoms with Crippen LogP contribution in [-0.2, 0) is 9.84 Å². The van der Waals surface area contributed by atoms with Crippen LogP contribution in [0.25, 0.3) is 5.57 Å². The third kappa shape index (κ3) is 2.65. The maximum absolute atomic E-state index is 12.1. The van der Waals surface area contributed by atoms with Gasteiger partial charge in [-0.1, -0.05) is 12.1 Å². The van der Waals surface area contributed by atoms with E-state index in [-0.39, 0.29) is 11.5 Å². The number of anilines is 1. The number of hydrogen-bond acceptors (Lipinski definition) is 5. The predicted octanol–water partition coefficient (Wildman–Crippen LogP) is 2.48. The maximum Gasteiger partial charge on any atom is 0.200 e. The third-order valence-electron chi connectivity index (χ3n) is 3.39. The Bertz CT molecular complexity index is 856. The zero-order valence-corrected chi connectivity index (χ0v) is 12.8. The van der Waals surface area contributed by atoms with Gasteiger partial charge in [-0.2, -0.15) is 0 Å². The van der Waals surface area contributed by atoms with E-state index in [4.69, 9.17) is 15.2 Å². The summed E-state index contributed by atoms with van der Waals surface area (Å²) < 4.78 is 35.0. The van der Waals surface area contributed by atoms with Gasteiger partial charge >= 0.3 is 0 Å². The van der Waals surface area contributed by atoms with Gasteiger partial charge in [-0.3, -0.25) is 0 Å². The molecular formula is C16H15NO4S. The lowest BCUT2D eigenvalue weighted by Gasteiger charge is -2.09. The monoisotopic (exact) mass is 317 g/mol. The molecule has 0 unspecified atom stereocenters. The lowest BCUT2D eigenvalue weighted by molar-refractivity contribution is 0.363. The zero-order valence-electron chi connectivity index (χ0n) is 11.9. The van der Waals surface area contributed by atoms with Crippen LogP contribution in [0.1, 0.15) is 5.56 Å². The summed E-state index contributed by atoms with van der Waals surface area (Å²) in [7, 11) is -1.87. The molecule has 114 valence electrons. The van der Waals surface area contributed by atoms with Crippen molar-refractivity contribution in [2.45, 2.75) is 4.90 Å². The van der Waals surface area contributed by atoms with Crippen LogP contribution >= 0.6 is 0 Å². The minimum absolute atomic E-state index is 0.156. The molecule has 0 saturated heterocycles. The van der Waals surface area contributed by atoms with Gasteiger partial charge in [-0.05, 0) is 24.3 Å². The van der Waals surface area contributed by atoms with Gasteiger partial charge in [0.1, 0.15) is 18.1 Å². The van der Waals surface area contributed by atoms with Gasteiger partial charge in [0.05, 0.1) is 12.0 Å². The van der Waals surface area contributed by atoms with E-state index in [1.807, 2.05) is 12.1 Å². The van der Waals surface area contributed by atoms with Crippen LogP contribution in [0.4, 0.5) is 5.69 Å². The molecule has 22 heavy (non-hydrogen) atoms. The molecule has 0 aromatic heterocycles. The number of ether oxygens (including phenoxy) is 2. The number of fused-ring (bicyclic) bond motifs is 1. The number of hydrogen-bond donors (Lipinski definition) is 1. The molecule has 0 spiro atoms. The Hall–Kier alpha value is -2.47. The Morgan fingerprint density at radius 2 is 1.86 bits per heavy atom. The predicted molar refractivity (Wildman–Crippen MR) is 84.5 cm³/mol. The van der Waals surface area contributed by atoms with Gasteiger partial charge in [0.15, 0.2) is 0 Å². The third-order valence-corrected chi connectivity index (χ3v) is 4.94. The smallest absolute Gasteiger partial charge is 0.200 e. The average molecular weight is 317 g/mol. The Balaban J connectivity index is 1.85. The Morgan fingerprint density at radius 3 is 2.64 bits per heavy atom. The minimum atomic E-state index is -3.44. The van der Waals surface area contributed by atoms with Crippen LogP contribution in [0.15, 0.2) is 52.8 Å². The van der Waals surface area contributed by atoms with Crippen LogP contribution in [0.5, 0.6) is 11.5 Å². The number of rotatable bonds is 4. The first-order valence-electron chi connectivity index (χ1n) is 6.62. The van der Waals surface area contributed by atoms with E-state index in [0.717, 1.165) is 0 Å². The number of nitrogens with two attached hydrogens (primary N) is 1. The summed E-state index contributed by atoms with van der Waals surface area (Å²) in [6.07, 6.45) is 0. The average Bonchev–Trinajstić information content (AvgIpc) is 2.76. The van der Waals surface area contributed by atoms with Gasteiger partial charge in [0.2, 0.25) is 9.84 Å². The SMILES string of the molecule is COc1cccc(OCC2=CS(=O)(=O)c3cc(N)ccc32)c1. The van der Waals surface area contributed by atoms with Gasteiger partial charge in [-0.25, -0.2) is 8.42 Å². The standard InChI is InChI=1S/C16H15NO4S/c1-20-13-3-2-4-14(8-13)21-9-11-10-22(18,19)16-7-12(17)5-6-15(11)16/h2-8,10H,9,17H2,1H3. The van der Waals surface area contributed by atoms with E-state index < -0.39 is 9.84 Å². The van der Waals surface area contributed by atoms with E-state index >= 15 is 0 Å². The molecule has 0 atom stereocenters. The summed E-state index contributed by atoms with van der Waals surface area (Å²) in [6.45, 7) is 0.156. The van der Waals surface area contributed by atoms with Crippen molar-refractivity contribution in [3.05, 3.63) is 53.4 Å². The van der Waals surface area contributed by atoms with Crippen LogP contribution in [0, 0.1) is 0 Å². The van der Waals surface area contributed by atoms with Crippen molar-refractivity contribution in [3.8, 4) is 11.5 Å². The topological polar surface area (TPSA) is 78.6 Å². The summed E-state index contributed by atoms with van der Waals surface area (Å²) in [4.78, 5) is 0.233. The van der Waals surface area contributed by atoms with Gasteiger partial charge in [0.25, 0.3) is 0 Å². The van der Waals surface area contributed by atoms with Crippen LogP contribution in [0.3, 0.4) is 0 Å². The molecule has 2 aromatic rings. The molecule has 2 aromatic carbocycles. The maximum atomic E-state index is 12.1. The number of nitrogen functional groups attached to an aromatic ring is 1. The van der Waals surface area contributed by atoms with Crippen molar-refractivity contribution >= 4 is 21.1 Å². The second kappa shape index (κ2) is 5.38. The largest absolute Gasteiger partial charge is 0.497 e. The van der Waals surface area contributed by atoms with E-state index in [9.17, 15) is 8.42 Å². The normalized spacial score (nSPS) is 15.0. The molecule has 0 saturated carbocycles. The quantitative estimate of drug-likeness (QED) is 0.877. The molecule has 0 bridgehead atoms. The van der Waals surface area contributed by atoms with E-state index in [1.165, 1.54) is 11.5 Å². The van der Waals surface area contributed by atoms with Gasteiger partial charge < -0.3 is 15.2 Å². The van der Waals surface area contributed by atoms with Crippen LogP contribution in [-0.4, -0.2) is 22.1 Å². The Morgan fingerprint density at radius 1 is 1.09 bits per heavy atom. The molecule has 2 N–H and O–H groups in total. The van der Waals surface area contributed by atoms with E-state index in [2.05, 4.69) is 0 Å². The van der Waals surface area contributed by atoms with Crippen molar-refractivity contribution < 1.29 is 17.9 Å². The number of sulfone groups is 1. The minimum Gasteiger partial charge on any atom is -0.497 e. The summed E-state index contributed by atoms with van der Waals surface area (Å²) in [5.41, 5.74) is 7.33. The van der Waals surface area contributed by atoms with Crippen molar-refractivity contribution in [1.29, 1.82) is 0 Å². The van der Waals surface area contributed by atoms with Crippen molar-refractivity contribution in [2.75, 3.05) is 19.5 Å². The Labute approximate surface area is 128 Å². The molecule has 1 aliphatic heterocycles. The molecule has 1 aliphatic rings. The zero-order chi connectivity index (χ0) is 15.7. The molecule has 6 heteroatoms. The molecular weight excluding hydrogens is 302 g/mol. The van der Waals surface area contributed by atoms with Crippen molar-refractivity contribution in [2.24, 2.45) is 0 Å². The fourth-order valence-electron chi connectivity index (χ4n) is 2.32. The van der Waals surface area contributed by atoms with Gasteiger partial charge in [-0.15, -0.1) is 0 Å². The second-order valence-corrected chi connectivity index (χ2v) is 6.68. The summed E-state index contributed by atoms with van der Waals surface area (Å²) in [6, 6.07) is 12.0. The number of methoxy groups -OCH3 is 1. The first kappa shape index (κ1) is 14.5. The second-order valence-electron chi connectivity index (χ2n) is 4.91. The van der Waals surface area contributed by atoms with Crippen LogP contribution < -0.4 is 15.2 Å².